The highest BCUT2D eigenvalue weighted by Gasteiger charge is 1.91. The molecular weight excluding hydrogens is 154 g/mol. The molecule has 3 heteroatoms. The van der Waals surface area contributed by atoms with Crippen LogP contribution in [-0.4, -0.2) is 24.2 Å². The number of aliphatic hydroxyl groups is 1. The number of carbonyl (C=O) groups excluding carboxylic acids is 1. The molecule has 12 heavy (non-hydrogen) atoms. The van der Waals surface area contributed by atoms with Crippen molar-refractivity contribution in [2.24, 2.45) is 0 Å². The number of hydrogen-bond donors (Lipinski definition) is 2. The molecule has 0 aliphatic rings. The van der Waals surface area contributed by atoms with Crippen LogP contribution >= 0.6 is 0 Å². The lowest BCUT2D eigenvalue weighted by Crippen LogP contribution is -2.20. The Kier molecular flexibility index (Phi) is 8.12. The molecule has 0 heterocycles. The highest BCUT2D eigenvalue weighted by molar-refractivity contribution is 5.72. The second kappa shape index (κ2) is 8.53. The maximum absolute atomic E-state index is 10.4. The first kappa shape index (κ1) is 11.4. The Bertz CT molecular complexity index is 115. The lowest BCUT2D eigenvalue weighted by molar-refractivity contribution is -0.118. The summed E-state index contributed by atoms with van der Waals surface area (Å²) >= 11 is 0. The second-order valence-electron chi connectivity index (χ2n) is 2.97. The van der Waals surface area contributed by atoms with E-state index < -0.39 is 0 Å². The third-order valence-corrected chi connectivity index (χ3v) is 1.71. The SMILES string of the molecule is CC(=O)NCCCCCCCO. The topological polar surface area (TPSA) is 49.3 Å². The van der Waals surface area contributed by atoms with E-state index in [0.717, 1.165) is 38.6 Å². The Morgan fingerprint density at radius 3 is 2.33 bits per heavy atom. The minimum absolute atomic E-state index is 0.0466. The smallest absolute Gasteiger partial charge is 0.216 e. The van der Waals surface area contributed by atoms with Crippen molar-refractivity contribution in [3.05, 3.63) is 0 Å². The van der Waals surface area contributed by atoms with Crippen molar-refractivity contribution in [3.8, 4) is 0 Å². The fraction of sp³-hybridized carbons (Fsp3) is 0.889. The second-order valence-corrected chi connectivity index (χ2v) is 2.97. The van der Waals surface area contributed by atoms with Crippen molar-refractivity contribution in [3.63, 3.8) is 0 Å². The first-order valence-electron chi connectivity index (χ1n) is 4.62. The van der Waals surface area contributed by atoms with E-state index in [2.05, 4.69) is 5.32 Å². The Hall–Kier alpha value is -0.570. The van der Waals surface area contributed by atoms with E-state index in [-0.39, 0.29) is 5.91 Å². The van der Waals surface area contributed by atoms with Crippen LogP contribution in [0.4, 0.5) is 0 Å². The Balaban J connectivity index is 2.86. The molecule has 0 aliphatic heterocycles. The highest BCUT2D eigenvalue weighted by atomic mass is 16.2. The molecule has 3 nitrogen and oxygen atoms in total. The molecule has 0 saturated heterocycles. The van der Waals surface area contributed by atoms with Gasteiger partial charge in [0.25, 0.3) is 0 Å². The molecule has 0 saturated carbocycles. The summed E-state index contributed by atoms with van der Waals surface area (Å²) < 4.78 is 0. The molecule has 0 aromatic heterocycles. The zero-order chi connectivity index (χ0) is 9.23. The van der Waals surface area contributed by atoms with Crippen LogP contribution in [0.5, 0.6) is 0 Å². The van der Waals surface area contributed by atoms with Crippen molar-refractivity contribution in [2.45, 2.75) is 39.0 Å². The third kappa shape index (κ3) is 9.43. The van der Waals surface area contributed by atoms with Gasteiger partial charge in [0.15, 0.2) is 0 Å². The summed E-state index contributed by atoms with van der Waals surface area (Å²) in [5, 5.41) is 11.2. The number of rotatable bonds is 7. The monoisotopic (exact) mass is 173 g/mol. The van der Waals surface area contributed by atoms with Gasteiger partial charge in [0.1, 0.15) is 0 Å². The quantitative estimate of drug-likeness (QED) is 0.566. The van der Waals surface area contributed by atoms with Crippen LogP contribution in [0, 0.1) is 0 Å². The standard InChI is InChI=1S/C9H19NO2/c1-9(12)10-7-5-3-2-4-6-8-11/h11H,2-8H2,1H3,(H,10,12). The van der Waals surface area contributed by atoms with Crippen LogP contribution in [0.15, 0.2) is 0 Å². The van der Waals surface area contributed by atoms with Crippen LogP contribution in [0.1, 0.15) is 39.0 Å². The molecule has 0 aromatic rings. The average molecular weight is 173 g/mol. The number of amides is 1. The van der Waals surface area contributed by atoms with Gasteiger partial charge in [-0.1, -0.05) is 19.3 Å². The van der Waals surface area contributed by atoms with Crippen LogP contribution < -0.4 is 5.32 Å². The van der Waals surface area contributed by atoms with Crippen LogP contribution in [0.25, 0.3) is 0 Å². The van der Waals surface area contributed by atoms with E-state index in [9.17, 15) is 4.79 Å². The van der Waals surface area contributed by atoms with E-state index in [4.69, 9.17) is 5.11 Å². The van der Waals surface area contributed by atoms with E-state index in [1.165, 1.54) is 6.92 Å². The largest absolute Gasteiger partial charge is 0.396 e. The third-order valence-electron chi connectivity index (χ3n) is 1.71. The van der Waals surface area contributed by atoms with Gasteiger partial charge in [0.05, 0.1) is 0 Å². The Morgan fingerprint density at radius 2 is 1.75 bits per heavy atom. The Labute approximate surface area is 74.2 Å². The fourth-order valence-corrected chi connectivity index (χ4v) is 1.03. The van der Waals surface area contributed by atoms with Crippen molar-refractivity contribution in [1.82, 2.24) is 5.32 Å². The van der Waals surface area contributed by atoms with Gasteiger partial charge >= 0.3 is 0 Å². The molecule has 0 spiro atoms. The van der Waals surface area contributed by atoms with Gasteiger partial charge in [-0.2, -0.15) is 0 Å². The van der Waals surface area contributed by atoms with Crippen molar-refractivity contribution < 1.29 is 9.90 Å². The zero-order valence-corrected chi connectivity index (χ0v) is 7.81. The molecule has 0 unspecified atom stereocenters. The van der Waals surface area contributed by atoms with Gasteiger partial charge in [0, 0.05) is 20.1 Å². The fourth-order valence-electron chi connectivity index (χ4n) is 1.03. The summed E-state index contributed by atoms with van der Waals surface area (Å²) in [7, 11) is 0. The number of hydrogen-bond acceptors (Lipinski definition) is 2. The van der Waals surface area contributed by atoms with Gasteiger partial charge in [-0.25, -0.2) is 0 Å². The molecule has 0 bridgehead atoms. The van der Waals surface area contributed by atoms with Gasteiger partial charge in [0.2, 0.25) is 5.91 Å². The Morgan fingerprint density at radius 1 is 1.17 bits per heavy atom. The summed E-state index contributed by atoms with van der Waals surface area (Å²) in [6.07, 6.45) is 5.34. The molecule has 1 amide bonds. The molecule has 0 radical (unpaired) electrons. The molecular formula is C9H19NO2. The predicted molar refractivity (Wildman–Crippen MR) is 48.9 cm³/mol. The maximum atomic E-state index is 10.4. The van der Waals surface area contributed by atoms with E-state index >= 15 is 0 Å². The maximum Gasteiger partial charge on any atom is 0.216 e. The lowest BCUT2D eigenvalue weighted by atomic mass is 10.1. The van der Waals surface area contributed by atoms with Gasteiger partial charge in [-0.3, -0.25) is 4.79 Å². The normalized spacial score (nSPS) is 9.83. The minimum atomic E-state index is 0.0466. The van der Waals surface area contributed by atoms with Gasteiger partial charge in [-0.05, 0) is 12.8 Å². The summed E-state index contributed by atoms with van der Waals surface area (Å²) in [5.41, 5.74) is 0. The van der Waals surface area contributed by atoms with Crippen LogP contribution in [0.3, 0.4) is 0 Å². The molecule has 0 atom stereocenters. The summed E-state index contributed by atoms with van der Waals surface area (Å²) in [6.45, 7) is 2.62. The van der Waals surface area contributed by atoms with Crippen molar-refractivity contribution in [2.75, 3.05) is 13.2 Å². The first-order chi connectivity index (χ1) is 5.77. The summed E-state index contributed by atoms with van der Waals surface area (Å²) in [6, 6.07) is 0. The van der Waals surface area contributed by atoms with Crippen molar-refractivity contribution in [1.29, 1.82) is 0 Å². The van der Waals surface area contributed by atoms with Crippen LogP contribution in [-0.2, 0) is 4.79 Å². The first-order valence-corrected chi connectivity index (χ1v) is 4.62. The average Bonchev–Trinajstić information content (AvgIpc) is 2.02. The zero-order valence-electron chi connectivity index (χ0n) is 7.81. The number of aliphatic hydroxyl groups excluding tert-OH is 1. The lowest BCUT2D eigenvalue weighted by Gasteiger charge is -2.01. The molecule has 2 N–H and O–H groups in total. The molecule has 0 rings (SSSR count). The van der Waals surface area contributed by atoms with E-state index in [1.54, 1.807) is 0 Å². The summed E-state index contributed by atoms with van der Waals surface area (Å²) in [5.74, 6) is 0.0466. The molecule has 0 aromatic carbocycles. The predicted octanol–water partition coefficient (Wildman–Crippen LogP) is 1.07. The molecule has 0 fully saturated rings. The minimum Gasteiger partial charge on any atom is -0.396 e. The highest BCUT2D eigenvalue weighted by Crippen LogP contribution is 2.01. The van der Waals surface area contributed by atoms with Gasteiger partial charge in [-0.15, -0.1) is 0 Å². The number of carbonyl (C=O) groups is 1. The molecule has 72 valence electrons. The van der Waals surface area contributed by atoms with E-state index in [1.807, 2.05) is 0 Å². The van der Waals surface area contributed by atoms with Gasteiger partial charge < -0.3 is 10.4 Å². The van der Waals surface area contributed by atoms with Crippen molar-refractivity contribution >= 4 is 5.91 Å². The van der Waals surface area contributed by atoms with Crippen LogP contribution in [0.2, 0.25) is 0 Å². The number of unbranched alkanes of at least 4 members (excludes halogenated alkanes) is 4. The molecule has 0 aliphatic carbocycles. The number of nitrogens with one attached hydrogen (secondary N) is 1. The van der Waals surface area contributed by atoms with E-state index in [0.29, 0.717) is 6.61 Å². The summed E-state index contributed by atoms with van der Waals surface area (Å²) in [4.78, 5) is 10.4.